The molecule has 1 aliphatic carbocycles. The second-order valence-corrected chi connectivity index (χ2v) is 7.41. The van der Waals surface area contributed by atoms with Crippen LogP contribution in [0.2, 0.25) is 0 Å². The lowest BCUT2D eigenvalue weighted by Crippen LogP contribution is -2.42. The van der Waals surface area contributed by atoms with E-state index >= 15 is 0 Å². The predicted molar refractivity (Wildman–Crippen MR) is 75.5 cm³/mol. The first-order valence-electron chi connectivity index (χ1n) is 6.11. The predicted octanol–water partition coefficient (Wildman–Crippen LogP) is 4.07. The fraction of sp³-hybridized carbons (Fsp3) is 0.615. The van der Waals surface area contributed by atoms with E-state index in [9.17, 15) is 4.79 Å². The number of hydrogen-bond donors (Lipinski definition) is 1. The zero-order valence-electron chi connectivity index (χ0n) is 10.2. The maximum atomic E-state index is 12.0. The number of hydrogen-bond acceptors (Lipinski definition) is 2. The number of carbonyl (C=O) groups excluding carboxylic acids is 1. The first-order valence-corrected chi connectivity index (χ1v) is 7.78. The van der Waals surface area contributed by atoms with Crippen molar-refractivity contribution in [2.75, 3.05) is 0 Å². The third-order valence-corrected chi connectivity index (χ3v) is 5.08. The highest BCUT2D eigenvalue weighted by molar-refractivity contribution is 9.11. The molecular weight excluding hydrogens is 298 g/mol. The molecule has 1 fully saturated rings. The normalized spacial score (nSPS) is 29.0. The summed E-state index contributed by atoms with van der Waals surface area (Å²) in [5.41, 5.74) is 0.771. The highest BCUT2D eigenvalue weighted by atomic mass is 79.9. The Morgan fingerprint density at radius 3 is 2.82 bits per heavy atom. The minimum Gasteiger partial charge on any atom is -0.349 e. The minimum absolute atomic E-state index is 0.0679. The van der Waals surface area contributed by atoms with Gasteiger partial charge in [-0.15, -0.1) is 11.3 Å². The largest absolute Gasteiger partial charge is 0.349 e. The molecule has 0 spiro atoms. The van der Waals surface area contributed by atoms with E-state index in [-0.39, 0.29) is 5.91 Å². The Kier molecular flexibility index (Phi) is 4.26. The van der Waals surface area contributed by atoms with Gasteiger partial charge in [0.2, 0.25) is 0 Å². The van der Waals surface area contributed by atoms with Crippen LogP contribution in [0.25, 0.3) is 0 Å². The van der Waals surface area contributed by atoms with Crippen molar-refractivity contribution in [1.82, 2.24) is 5.32 Å². The summed E-state index contributed by atoms with van der Waals surface area (Å²) >= 11 is 4.94. The van der Waals surface area contributed by atoms with Crippen molar-refractivity contribution >= 4 is 33.2 Å². The summed E-state index contributed by atoms with van der Waals surface area (Å²) in [4.78, 5) is 12.0. The lowest BCUT2D eigenvalue weighted by atomic mass is 9.80. The van der Waals surface area contributed by atoms with Gasteiger partial charge in [0.1, 0.15) is 0 Å². The standard InChI is InChI=1S/C13H18BrNOS/c1-8-3-4-11(9(2)5-8)15-13(16)10-6-12(14)17-7-10/h6-9,11H,3-5H2,1-2H3,(H,15,16). The van der Waals surface area contributed by atoms with Gasteiger partial charge in [-0.3, -0.25) is 4.79 Å². The van der Waals surface area contributed by atoms with E-state index in [2.05, 4.69) is 35.1 Å². The first-order chi connectivity index (χ1) is 8.06. The SMILES string of the molecule is CC1CCC(NC(=O)c2csc(Br)c2)C(C)C1. The van der Waals surface area contributed by atoms with Crippen molar-refractivity contribution in [2.24, 2.45) is 11.8 Å². The monoisotopic (exact) mass is 315 g/mol. The summed E-state index contributed by atoms with van der Waals surface area (Å²) in [6.45, 7) is 4.54. The molecule has 3 unspecified atom stereocenters. The second-order valence-electron chi connectivity index (χ2n) is 5.11. The second kappa shape index (κ2) is 5.53. The number of rotatable bonds is 2. The number of carbonyl (C=O) groups is 1. The Morgan fingerprint density at radius 2 is 2.24 bits per heavy atom. The summed E-state index contributed by atoms with van der Waals surface area (Å²) in [7, 11) is 0. The zero-order chi connectivity index (χ0) is 12.4. The molecule has 17 heavy (non-hydrogen) atoms. The summed E-state index contributed by atoms with van der Waals surface area (Å²) < 4.78 is 1.01. The summed E-state index contributed by atoms with van der Waals surface area (Å²) in [5.74, 6) is 1.46. The molecular formula is C13H18BrNOS. The van der Waals surface area contributed by atoms with Gasteiger partial charge in [0.05, 0.1) is 9.35 Å². The highest BCUT2D eigenvalue weighted by Crippen LogP contribution is 2.29. The summed E-state index contributed by atoms with van der Waals surface area (Å²) in [6.07, 6.45) is 3.56. The number of nitrogens with one attached hydrogen (secondary N) is 1. The fourth-order valence-corrected chi connectivity index (χ4v) is 3.70. The molecule has 1 aromatic rings. The Bertz CT molecular complexity index is 404. The van der Waals surface area contributed by atoms with Gasteiger partial charge >= 0.3 is 0 Å². The molecule has 4 heteroatoms. The van der Waals surface area contributed by atoms with Gasteiger partial charge in [-0.2, -0.15) is 0 Å². The molecule has 0 radical (unpaired) electrons. The molecule has 1 aliphatic rings. The smallest absolute Gasteiger partial charge is 0.252 e. The molecule has 0 bridgehead atoms. The molecule has 94 valence electrons. The van der Waals surface area contributed by atoms with Crippen LogP contribution in [0.5, 0.6) is 0 Å². The molecule has 0 aromatic carbocycles. The maximum absolute atomic E-state index is 12.0. The number of halogens is 1. The van der Waals surface area contributed by atoms with E-state index in [4.69, 9.17) is 0 Å². The van der Waals surface area contributed by atoms with Crippen LogP contribution in [0.3, 0.4) is 0 Å². The number of amides is 1. The van der Waals surface area contributed by atoms with Gasteiger partial charge in [-0.05, 0) is 53.1 Å². The van der Waals surface area contributed by atoms with Gasteiger partial charge in [0, 0.05) is 11.4 Å². The van der Waals surface area contributed by atoms with Crippen molar-refractivity contribution in [3.63, 3.8) is 0 Å². The van der Waals surface area contributed by atoms with Crippen LogP contribution in [0, 0.1) is 11.8 Å². The molecule has 1 aromatic heterocycles. The first kappa shape index (κ1) is 13.1. The van der Waals surface area contributed by atoms with E-state index in [0.717, 1.165) is 21.7 Å². The quantitative estimate of drug-likeness (QED) is 0.876. The Labute approximate surface area is 115 Å². The maximum Gasteiger partial charge on any atom is 0.252 e. The summed E-state index contributed by atoms with van der Waals surface area (Å²) in [5, 5.41) is 5.06. The number of thiophene rings is 1. The zero-order valence-corrected chi connectivity index (χ0v) is 12.6. The van der Waals surface area contributed by atoms with Crippen LogP contribution >= 0.6 is 27.3 Å². The Hall–Kier alpha value is -0.350. The Balaban J connectivity index is 1.95. The average Bonchev–Trinajstić information content (AvgIpc) is 2.69. The van der Waals surface area contributed by atoms with Gasteiger partial charge in [0.15, 0.2) is 0 Å². The van der Waals surface area contributed by atoms with Crippen LogP contribution in [0.1, 0.15) is 43.5 Å². The van der Waals surface area contributed by atoms with Crippen molar-refractivity contribution in [2.45, 2.75) is 39.2 Å². The topological polar surface area (TPSA) is 29.1 Å². The van der Waals surface area contributed by atoms with Crippen molar-refractivity contribution < 1.29 is 4.79 Å². The fourth-order valence-electron chi connectivity index (χ4n) is 2.56. The van der Waals surface area contributed by atoms with E-state index in [1.54, 1.807) is 11.3 Å². The van der Waals surface area contributed by atoms with Crippen molar-refractivity contribution in [1.29, 1.82) is 0 Å². The molecule has 2 nitrogen and oxygen atoms in total. The molecule has 1 heterocycles. The average molecular weight is 316 g/mol. The Morgan fingerprint density at radius 1 is 1.47 bits per heavy atom. The van der Waals surface area contributed by atoms with Crippen molar-refractivity contribution in [3.8, 4) is 0 Å². The van der Waals surface area contributed by atoms with Crippen LogP contribution in [0.15, 0.2) is 15.2 Å². The van der Waals surface area contributed by atoms with Crippen molar-refractivity contribution in [3.05, 3.63) is 20.8 Å². The lowest BCUT2D eigenvalue weighted by Gasteiger charge is -2.33. The van der Waals surface area contributed by atoms with E-state index < -0.39 is 0 Å². The molecule has 0 saturated heterocycles. The third kappa shape index (κ3) is 3.32. The lowest BCUT2D eigenvalue weighted by molar-refractivity contribution is 0.0900. The van der Waals surface area contributed by atoms with Crippen LogP contribution in [0.4, 0.5) is 0 Å². The molecule has 0 aliphatic heterocycles. The van der Waals surface area contributed by atoms with E-state index in [1.165, 1.54) is 12.8 Å². The van der Waals surface area contributed by atoms with Gasteiger partial charge in [-0.25, -0.2) is 0 Å². The van der Waals surface area contributed by atoms with Crippen LogP contribution in [-0.2, 0) is 0 Å². The molecule has 1 amide bonds. The molecule has 1 N–H and O–H groups in total. The van der Waals surface area contributed by atoms with Crippen LogP contribution in [-0.4, -0.2) is 11.9 Å². The van der Waals surface area contributed by atoms with E-state index in [1.807, 2.05) is 11.4 Å². The van der Waals surface area contributed by atoms with Gasteiger partial charge in [-0.1, -0.05) is 13.8 Å². The highest BCUT2D eigenvalue weighted by Gasteiger charge is 2.26. The molecule has 3 atom stereocenters. The third-order valence-electron chi connectivity index (χ3n) is 3.58. The molecule has 2 rings (SSSR count). The van der Waals surface area contributed by atoms with Gasteiger partial charge < -0.3 is 5.32 Å². The molecule has 1 saturated carbocycles. The van der Waals surface area contributed by atoms with Crippen LogP contribution < -0.4 is 5.32 Å². The van der Waals surface area contributed by atoms with Gasteiger partial charge in [0.25, 0.3) is 5.91 Å². The summed E-state index contributed by atoms with van der Waals surface area (Å²) in [6, 6.07) is 2.23. The van der Waals surface area contributed by atoms with E-state index in [0.29, 0.717) is 12.0 Å². The minimum atomic E-state index is 0.0679.